The minimum atomic E-state index is -1.33. The first-order valence-electron chi connectivity index (χ1n) is 13.1. The van der Waals surface area contributed by atoms with Crippen LogP contribution in [0.25, 0.3) is 21.5 Å². The summed E-state index contributed by atoms with van der Waals surface area (Å²) < 4.78 is 8.18. The normalized spacial score (nSPS) is 17.8. The van der Waals surface area contributed by atoms with Crippen molar-refractivity contribution in [3.05, 3.63) is 40.9 Å². The number of piperidine rings is 1. The predicted octanol–water partition coefficient (Wildman–Crippen LogP) is 6.68. The highest BCUT2D eigenvalue weighted by Crippen LogP contribution is 2.48. The Labute approximate surface area is 226 Å². The molecule has 198 valence electrons. The van der Waals surface area contributed by atoms with E-state index in [1.807, 2.05) is 36.2 Å². The highest BCUT2D eigenvalue weighted by Gasteiger charge is 2.31. The van der Waals surface area contributed by atoms with Crippen molar-refractivity contribution in [1.82, 2.24) is 14.4 Å². The maximum Gasteiger partial charge on any atom is 0.512 e. The molecule has 1 saturated carbocycles. The van der Waals surface area contributed by atoms with Gasteiger partial charge in [0, 0.05) is 24.2 Å². The minimum absolute atomic E-state index is 0.0590. The number of halogens is 1. The van der Waals surface area contributed by atoms with Crippen LogP contribution >= 0.6 is 22.9 Å². The molecule has 7 nitrogen and oxygen atoms in total. The van der Waals surface area contributed by atoms with Gasteiger partial charge in [-0.3, -0.25) is 4.79 Å². The molecule has 2 aliphatic rings. The van der Waals surface area contributed by atoms with Gasteiger partial charge in [0.05, 0.1) is 15.9 Å². The van der Waals surface area contributed by atoms with Crippen LogP contribution in [0.1, 0.15) is 56.4 Å². The third kappa shape index (κ3) is 5.52. The molecule has 1 aromatic carbocycles. The van der Waals surface area contributed by atoms with E-state index in [0.717, 1.165) is 60.2 Å². The van der Waals surface area contributed by atoms with E-state index in [9.17, 15) is 14.7 Å². The molecule has 1 aliphatic carbocycles. The average Bonchev–Trinajstić information content (AvgIpc) is 3.41. The molecule has 5 rings (SSSR count). The van der Waals surface area contributed by atoms with Gasteiger partial charge in [-0.15, -0.1) is 0 Å². The van der Waals surface area contributed by atoms with Gasteiger partial charge in [0.1, 0.15) is 6.54 Å². The summed E-state index contributed by atoms with van der Waals surface area (Å²) in [5.41, 5.74) is 4.12. The fraction of sp³-hybridized carbons (Fsp3) is 0.500. The molecule has 2 fully saturated rings. The number of hydrogen-bond acceptors (Lipinski definition) is 5. The summed E-state index contributed by atoms with van der Waals surface area (Å²) in [7, 11) is 4.03. The molecule has 1 N–H and O–H groups in total. The van der Waals surface area contributed by atoms with Crippen LogP contribution in [0, 0.1) is 0 Å². The molecule has 0 atom stereocenters. The molecule has 9 heteroatoms. The van der Waals surface area contributed by atoms with Crippen LogP contribution in [0.4, 0.5) is 4.79 Å². The monoisotopic (exact) mass is 543 g/mol. The number of carbonyl (C=O) groups excluding carboxylic acids is 1. The largest absolute Gasteiger partial charge is 0.512 e. The number of carboxylic acid groups (broad SMARTS) is 1. The Hall–Kier alpha value is -2.55. The molecular formula is C28H34ClN3O4S. The van der Waals surface area contributed by atoms with E-state index < -0.39 is 6.16 Å². The first-order valence-corrected chi connectivity index (χ1v) is 14.3. The Morgan fingerprint density at radius 2 is 1.78 bits per heavy atom. The van der Waals surface area contributed by atoms with Gasteiger partial charge in [-0.05, 0) is 75.0 Å². The first-order chi connectivity index (χ1) is 17.8. The zero-order chi connectivity index (χ0) is 26.1. The fourth-order valence-corrected chi connectivity index (χ4v) is 7.21. The fourth-order valence-electron chi connectivity index (χ4n) is 5.95. The predicted molar refractivity (Wildman–Crippen MR) is 148 cm³/mol. The number of thiophene rings is 1. The van der Waals surface area contributed by atoms with E-state index in [4.69, 9.17) is 16.3 Å². The van der Waals surface area contributed by atoms with Gasteiger partial charge in [0.15, 0.2) is 5.06 Å². The van der Waals surface area contributed by atoms with Gasteiger partial charge in [-0.25, -0.2) is 4.79 Å². The van der Waals surface area contributed by atoms with Gasteiger partial charge in [0.2, 0.25) is 5.91 Å². The van der Waals surface area contributed by atoms with E-state index >= 15 is 0 Å². The number of aromatic nitrogens is 1. The number of ether oxygens (including phenoxy) is 1. The van der Waals surface area contributed by atoms with E-state index in [1.54, 1.807) is 6.07 Å². The summed E-state index contributed by atoms with van der Waals surface area (Å²) in [6, 6.07) is 9.81. The highest BCUT2D eigenvalue weighted by atomic mass is 35.5. The van der Waals surface area contributed by atoms with E-state index in [-0.39, 0.29) is 18.5 Å². The van der Waals surface area contributed by atoms with E-state index in [0.29, 0.717) is 16.0 Å². The number of amides is 1. The molecule has 0 bridgehead atoms. The third-order valence-electron chi connectivity index (χ3n) is 7.99. The summed E-state index contributed by atoms with van der Waals surface area (Å²) in [5.74, 6) is 0.407. The lowest BCUT2D eigenvalue weighted by Crippen LogP contribution is -2.45. The third-order valence-corrected chi connectivity index (χ3v) is 9.28. The molecular weight excluding hydrogens is 510 g/mol. The zero-order valence-corrected chi connectivity index (χ0v) is 23.0. The number of benzene rings is 1. The second kappa shape index (κ2) is 11.1. The minimum Gasteiger partial charge on any atom is -0.449 e. The molecule has 3 heterocycles. The van der Waals surface area contributed by atoms with Crippen molar-refractivity contribution < 1.29 is 19.4 Å². The molecule has 0 radical (unpaired) electrons. The van der Waals surface area contributed by atoms with Gasteiger partial charge < -0.3 is 24.2 Å². The number of carbonyl (C=O) groups is 2. The van der Waals surface area contributed by atoms with Crippen molar-refractivity contribution in [2.24, 2.45) is 0 Å². The summed E-state index contributed by atoms with van der Waals surface area (Å²) in [6.45, 7) is 2.16. The number of hydrogen-bond donors (Lipinski definition) is 1. The van der Waals surface area contributed by atoms with Gasteiger partial charge in [-0.2, -0.15) is 0 Å². The van der Waals surface area contributed by atoms with Crippen molar-refractivity contribution in [2.75, 3.05) is 27.2 Å². The second-order valence-electron chi connectivity index (χ2n) is 10.4. The molecule has 3 aromatic rings. The second-order valence-corrected chi connectivity index (χ2v) is 11.8. The topological polar surface area (TPSA) is 75.0 Å². The molecule has 0 unspecified atom stereocenters. The van der Waals surface area contributed by atoms with Crippen LogP contribution in [0.5, 0.6) is 5.06 Å². The van der Waals surface area contributed by atoms with Crippen LogP contribution < -0.4 is 4.74 Å². The molecule has 1 amide bonds. The Kier molecular flexibility index (Phi) is 7.79. The Bertz CT molecular complexity index is 1270. The first kappa shape index (κ1) is 26.1. The highest BCUT2D eigenvalue weighted by molar-refractivity contribution is 7.21. The number of fused-ring (bicyclic) bond motifs is 1. The van der Waals surface area contributed by atoms with Gasteiger partial charge in [0.25, 0.3) is 0 Å². The summed E-state index contributed by atoms with van der Waals surface area (Å²) >= 11 is 7.60. The van der Waals surface area contributed by atoms with Crippen molar-refractivity contribution in [3.8, 4) is 16.3 Å². The van der Waals surface area contributed by atoms with Crippen LogP contribution in [-0.4, -0.2) is 64.8 Å². The summed E-state index contributed by atoms with van der Waals surface area (Å²) in [6.07, 6.45) is 6.32. The van der Waals surface area contributed by atoms with Crippen LogP contribution in [0.2, 0.25) is 5.02 Å². The molecule has 37 heavy (non-hydrogen) atoms. The summed E-state index contributed by atoms with van der Waals surface area (Å²) in [5, 5.41) is 10.3. The van der Waals surface area contributed by atoms with E-state index in [2.05, 4.69) is 16.5 Å². The van der Waals surface area contributed by atoms with Crippen molar-refractivity contribution >= 4 is 45.2 Å². The summed E-state index contributed by atoms with van der Waals surface area (Å²) in [4.78, 5) is 29.2. The Morgan fingerprint density at radius 3 is 2.43 bits per heavy atom. The quantitative estimate of drug-likeness (QED) is 0.351. The Balaban J connectivity index is 1.61. The Morgan fingerprint density at radius 1 is 1.11 bits per heavy atom. The smallest absolute Gasteiger partial charge is 0.449 e. The molecule has 2 aromatic heterocycles. The number of likely N-dealkylation sites (tertiary alicyclic amines) is 1. The van der Waals surface area contributed by atoms with Crippen molar-refractivity contribution in [2.45, 2.75) is 63.5 Å². The lowest BCUT2D eigenvalue weighted by molar-refractivity contribution is -0.133. The van der Waals surface area contributed by atoms with Crippen molar-refractivity contribution in [3.63, 3.8) is 0 Å². The average molecular weight is 544 g/mol. The van der Waals surface area contributed by atoms with E-state index in [1.165, 1.54) is 36.2 Å². The van der Waals surface area contributed by atoms with Gasteiger partial charge in [-0.1, -0.05) is 54.3 Å². The van der Waals surface area contributed by atoms with Gasteiger partial charge >= 0.3 is 6.16 Å². The number of rotatable bonds is 6. The van der Waals surface area contributed by atoms with Crippen LogP contribution in [0.3, 0.4) is 0 Å². The van der Waals surface area contributed by atoms with Crippen molar-refractivity contribution in [1.29, 1.82) is 0 Å². The molecule has 0 spiro atoms. The lowest BCUT2D eigenvalue weighted by atomic mass is 9.83. The number of nitrogens with zero attached hydrogens (tertiary/aromatic N) is 3. The maximum atomic E-state index is 13.7. The standard InChI is InChI=1S/C28H34ClN3O4S/c1-30-14-12-21(13-15-30)31(2)23(33)17-32-22-16-24(36-28(34)35)37-27(22)25(18-6-4-3-5-7-18)26(32)19-8-10-20(29)11-9-19/h8-11,16,18,21H,3-7,12-15,17H2,1-2H3,(H,34,35). The van der Waals surface area contributed by atoms with Crippen LogP contribution in [-0.2, 0) is 11.3 Å². The molecule has 1 saturated heterocycles. The molecule has 1 aliphatic heterocycles. The number of likely N-dealkylation sites (N-methyl/N-ethyl adjacent to an activating group) is 1. The van der Waals surface area contributed by atoms with Crippen LogP contribution in [0.15, 0.2) is 30.3 Å². The SMILES string of the molecule is CN1CCC(N(C)C(=O)Cn2c(-c3ccc(Cl)cc3)c(C3CCCCC3)c3sc(OC(=O)O)cc32)CC1. The maximum absolute atomic E-state index is 13.7. The lowest BCUT2D eigenvalue weighted by Gasteiger charge is -2.35. The zero-order valence-electron chi connectivity index (χ0n) is 21.4.